The molecule has 3 rings (SSSR count). The van der Waals surface area contributed by atoms with Crippen molar-refractivity contribution in [3.8, 4) is 5.75 Å². The van der Waals surface area contributed by atoms with Crippen LogP contribution in [0.2, 0.25) is 0 Å². The predicted octanol–water partition coefficient (Wildman–Crippen LogP) is 4.65. The second-order valence-electron chi connectivity index (χ2n) is 5.87. The SMILES string of the molecule is Cc1ccc(OC(F)F)c(NC(=S)Nc2cnn(Cc3ccccc3)c2)c1. The first-order valence-corrected chi connectivity index (χ1v) is 8.60. The van der Waals surface area contributed by atoms with Gasteiger partial charge < -0.3 is 15.4 Å². The molecule has 5 nitrogen and oxygen atoms in total. The van der Waals surface area contributed by atoms with Crippen LogP contribution in [0.5, 0.6) is 5.75 Å². The summed E-state index contributed by atoms with van der Waals surface area (Å²) in [6.45, 7) is -0.431. The van der Waals surface area contributed by atoms with E-state index in [1.807, 2.05) is 43.5 Å². The molecule has 27 heavy (non-hydrogen) atoms. The highest BCUT2D eigenvalue weighted by molar-refractivity contribution is 7.80. The molecule has 0 aliphatic rings. The van der Waals surface area contributed by atoms with Crippen molar-refractivity contribution in [1.82, 2.24) is 9.78 Å². The van der Waals surface area contributed by atoms with Gasteiger partial charge in [0.2, 0.25) is 0 Å². The number of ether oxygens (including phenoxy) is 1. The minimum Gasteiger partial charge on any atom is -0.433 e. The van der Waals surface area contributed by atoms with E-state index in [1.54, 1.807) is 23.0 Å². The van der Waals surface area contributed by atoms with Crippen LogP contribution in [0.25, 0.3) is 0 Å². The molecular weight excluding hydrogens is 370 g/mol. The third-order valence-corrected chi connectivity index (χ3v) is 3.88. The number of halogens is 2. The second kappa shape index (κ2) is 8.59. The summed E-state index contributed by atoms with van der Waals surface area (Å²) in [5, 5.41) is 10.4. The van der Waals surface area contributed by atoms with Gasteiger partial charge in [-0.15, -0.1) is 0 Å². The van der Waals surface area contributed by atoms with Gasteiger partial charge >= 0.3 is 6.61 Å². The summed E-state index contributed by atoms with van der Waals surface area (Å²) in [7, 11) is 0. The van der Waals surface area contributed by atoms with Crippen molar-refractivity contribution in [2.75, 3.05) is 10.6 Å². The van der Waals surface area contributed by atoms with Crippen LogP contribution < -0.4 is 15.4 Å². The van der Waals surface area contributed by atoms with Gasteiger partial charge in [-0.1, -0.05) is 36.4 Å². The van der Waals surface area contributed by atoms with Crippen LogP contribution in [-0.4, -0.2) is 21.5 Å². The lowest BCUT2D eigenvalue weighted by atomic mass is 10.2. The van der Waals surface area contributed by atoms with Crippen molar-refractivity contribution in [2.45, 2.75) is 20.1 Å². The fraction of sp³-hybridized carbons (Fsp3) is 0.158. The lowest BCUT2D eigenvalue weighted by Gasteiger charge is -2.14. The van der Waals surface area contributed by atoms with Gasteiger partial charge in [-0.2, -0.15) is 13.9 Å². The Labute approximate surface area is 161 Å². The topological polar surface area (TPSA) is 51.1 Å². The third kappa shape index (κ3) is 5.49. The van der Waals surface area contributed by atoms with E-state index in [0.29, 0.717) is 17.9 Å². The molecule has 0 bridgehead atoms. The van der Waals surface area contributed by atoms with Gasteiger partial charge in [0.15, 0.2) is 5.11 Å². The summed E-state index contributed by atoms with van der Waals surface area (Å²) < 4.78 is 31.4. The number of aromatic nitrogens is 2. The number of rotatable bonds is 6. The maximum Gasteiger partial charge on any atom is 0.387 e. The van der Waals surface area contributed by atoms with Gasteiger partial charge in [0.1, 0.15) is 5.75 Å². The second-order valence-corrected chi connectivity index (χ2v) is 6.28. The minimum absolute atomic E-state index is 0.0273. The van der Waals surface area contributed by atoms with Crippen molar-refractivity contribution in [3.63, 3.8) is 0 Å². The molecule has 0 amide bonds. The number of aryl methyl sites for hydroxylation is 1. The largest absolute Gasteiger partial charge is 0.433 e. The Hall–Kier alpha value is -3.00. The van der Waals surface area contributed by atoms with Crippen molar-refractivity contribution in [1.29, 1.82) is 0 Å². The molecule has 0 fully saturated rings. The van der Waals surface area contributed by atoms with Crippen molar-refractivity contribution >= 4 is 28.7 Å². The highest BCUT2D eigenvalue weighted by atomic mass is 32.1. The number of nitrogens with zero attached hydrogens (tertiary/aromatic N) is 2. The molecule has 140 valence electrons. The Kier molecular flexibility index (Phi) is 5.97. The summed E-state index contributed by atoms with van der Waals surface area (Å²) in [6.07, 6.45) is 3.46. The normalized spacial score (nSPS) is 10.7. The highest BCUT2D eigenvalue weighted by Crippen LogP contribution is 2.27. The van der Waals surface area contributed by atoms with E-state index in [0.717, 1.165) is 11.1 Å². The van der Waals surface area contributed by atoms with E-state index in [2.05, 4.69) is 20.5 Å². The lowest BCUT2D eigenvalue weighted by Crippen LogP contribution is -2.19. The number of benzene rings is 2. The predicted molar refractivity (Wildman–Crippen MR) is 105 cm³/mol. The molecule has 0 aliphatic carbocycles. The number of anilines is 2. The van der Waals surface area contributed by atoms with Crippen LogP contribution in [0.15, 0.2) is 60.9 Å². The van der Waals surface area contributed by atoms with E-state index >= 15 is 0 Å². The van der Waals surface area contributed by atoms with E-state index < -0.39 is 6.61 Å². The smallest absolute Gasteiger partial charge is 0.387 e. The number of hydrogen-bond donors (Lipinski definition) is 2. The fourth-order valence-electron chi connectivity index (χ4n) is 2.51. The Morgan fingerprint density at radius 1 is 1.19 bits per heavy atom. The van der Waals surface area contributed by atoms with Crippen LogP contribution in [0.1, 0.15) is 11.1 Å². The number of hydrogen-bond acceptors (Lipinski definition) is 3. The molecular formula is C19H18F2N4OS. The average Bonchev–Trinajstić information content (AvgIpc) is 3.04. The molecule has 2 aromatic carbocycles. The first-order chi connectivity index (χ1) is 13.0. The third-order valence-electron chi connectivity index (χ3n) is 3.68. The standard InChI is InChI=1S/C19H18F2N4OS/c1-13-7-8-17(26-18(20)21)16(9-13)24-19(27)23-15-10-22-25(12-15)11-14-5-3-2-4-6-14/h2-10,12,18H,11H2,1H3,(H2,23,24,27). The van der Waals surface area contributed by atoms with Crippen molar-refractivity contribution < 1.29 is 13.5 Å². The minimum atomic E-state index is -2.91. The maximum absolute atomic E-state index is 12.6. The Morgan fingerprint density at radius 3 is 2.70 bits per heavy atom. The molecule has 0 saturated heterocycles. The van der Waals surface area contributed by atoms with Gasteiger partial charge in [0.25, 0.3) is 0 Å². The van der Waals surface area contributed by atoms with E-state index in [1.165, 1.54) is 6.07 Å². The van der Waals surface area contributed by atoms with Gasteiger partial charge in [-0.25, -0.2) is 0 Å². The molecule has 0 aliphatic heterocycles. The Bertz CT molecular complexity index is 915. The van der Waals surface area contributed by atoms with Crippen LogP contribution in [0.3, 0.4) is 0 Å². The molecule has 2 N–H and O–H groups in total. The molecule has 8 heteroatoms. The Morgan fingerprint density at radius 2 is 1.96 bits per heavy atom. The van der Waals surface area contributed by atoms with Crippen LogP contribution in [0.4, 0.5) is 20.2 Å². The molecule has 0 spiro atoms. The molecule has 1 aromatic heterocycles. The van der Waals surface area contributed by atoms with Crippen LogP contribution in [0, 0.1) is 6.92 Å². The molecule has 0 saturated carbocycles. The quantitative estimate of drug-likeness (QED) is 0.602. The number of nitrogens with one attached hydrogen (secondary N) is 2. The summed E-state index contributed by atoms with van der Waals surface area (Å²) in [4.78, 5) is 0. The summed E-state index contributed by atoms with van der Waals surface area (Å²) in [5.74, 6) is 0.0273. The van der Waals surface area contributed by atoms with Gasteiger partial charge in [-0.05, 0) is 42.4 Å². The maximum atomic E-state index is 12.6. The zero-order valence-corrected chi connectivity index (χ0v) is 15.3. The molecule has 0 atom stereocenters. The van der Waals surface area contributed by atoms with E-state index in [4.69, 9.17) is 12.2 Å². The molecule has 0 radical (unpaired) electrons. The van der Waals surface area contributed by atoms with Gasteiger partial charge in [0.05, 0.1) is 24.1 Å². The van der Waals surface area contributed by atoms with Crippen LogP contribution >= 0.6 is 12.2 Å². The monoisotopic (exact) mass is 388 g/mol. The fourth-order valence-corrected chi connectivity index (χ4v) is 2.74. The summed E-state index contributed by atoms with van der Waals surface area (Å²) >= 11 is 5.27. The zero-order valence-electron chi connectivity index (χ0n) is 14.5. The molecule has 0 unspecified atom stereocenters. The molecule has 1 heterocycles. The average molecular weight is 388 g/mol. The summed E-state index contributed by atoms with van der Waals surface area (Å²) in [6, 6.07) is 14.8. The Balaban J connectivity index is 1.64. The first kappa shape index (κ1) is 18.8. The van der Waals surface area contributed by atoms with E-state index in [-0.39, 0.29) is 10.9 Å². The zero-order chi connectivity index (χ0) is 19.2. The number of thiocarbonyl (C=S) groups is 1. The van der Waals surface area contributed by atoms with Gasteiger partial charge in [0, 0.05) is 6.20 Å². The van der Waals surface area contributed by atoms with Gasteiger partial charge in [-0.3, -0.25) is 4.68 Å². The van der Waals surface area contributed by atoms with Crippen LogP contribution in [-0.2, 0) is 6.54 Å². The summed E-state index contributed by atoms with van der Waals surface area (Å²) in [5.41, 5.74) is 3.07. The number of alkyl halides is 2. The van der Waals surface area contributed by atoms with Crippen molar-refractivity contribution in [3.05, 3.63) is 72.1 Å². The molecule has 3 aromatic rings. The lowest BCUT2D eigenvalue weighted by molar-refractivity contribution is -0.0493. The first-order valence-electron chi connectivity index (χ1n) is 8.19. The van der Waals surface area contributed by atoms with E-state index in [9.17, 15) is 8.78 Å². The highest BCUT2D eigenvalue weighted by Gasteiger charge is 2.11. The van der Waals surface area contributed by atoms with Crippen molar-refractivity contribution in [2.24, 2.45) is 0 Å².